The Morgan fingerprint density at radius 1 is 1.25 bits per heavy atom. The first kappa shape index (κ1) is 11.1. The number of aryl methyl sites for hydroxylation is 2. The van der Waals surface area contributed by atoms with Gasteiger partial charge in [0.25, 0.3) is 0 Å². The van der Waals surface area contributed by atoms with E-state index >= 15 is 0 Å². The zero-order valence-electron chi connectivity index (χ0n) is 9.74. The van der Waals surface area contributed by atoms with Crippen molar-refractivity contribution in [1.82, 2.24) is 4.98 Å². The van der Waals surface area contributed by atoms with Crippen LogP contribution < -0.4 is 5.73 Å². The van der Waals surface area contributed by atoms with Crippen LogP contribution in [-0.2, 0) is 6.42 Å². The summed E-state index contributed by atoms with van der Waals surface area (Å²) in [6, 6.07) is 8.55. The first-order valence-electron chi connectivity index (χ1n) is 5.85. The molecule has 0 unspecified atom stereocenters. The molecule has 1 aromatic heterocycles. The molecule has 0 atom stereocenters. The Kier molecular flexibility index (Phi) is 3.52. The number of benzene rings is 1. The highest BCUT2D eigenvalue weighted by Crippen LogP contribution is 2.20. The van der Waals surface area contributed by atoms with E-state index in [1.54, 1.807) is 0 Å². The summed E-state index contributed by atoms with van der Waals surface area (Å²) < 4.78 is 0. The maximum absolute atomic E-state index is 5.52. The number of hydrogen-bond acceptors (Lipinski definition) is 2. The molecule has 2 heteroatoms. The van der Waals surface area contributed by atoms with Crippen LogP contribution in [0.3, 0.4) is 0 Å². The minimum atomic E-state index is 0.775. The van der Waals surface area contributed by atoms with Gasteiger partial charge in [-0.05, 0) is 50.4 Å². The maximum Gasteiger partial charge on any atom is 0.0734 e. The molecule has 0 bridgehead atoms. The molecule has 0 aliphatic heterocycles. The van der Waals surface area contributed by atoms with Crippen molar-refractivity contribution < 1.29 is 0 Å². The topological polar surface area (TPSA) is 38.9 Å². The van der Waals surface area contributed by atoms with Gasteiger partial charge < -0.3 is 5.73 Å². The summed E-state index contributed by atoms with van der Waals surface area (Å²) in [5.74, 6) is 0. The van der Waals surface area contributed by atoms with Crippen LogP contribution in [0.15, 0.2) is 30.5 Å². The lowest BCUT2D eigenvalue weighted by Gasteiger charge is -2.07. The average molecular weight is 214 g/mol. The maximum atomic E-state index is 5.52. The molecular formula is C14H18N2. The molecule has 1 aromatic carbocycles. The number of fused-ring (bicyclic) bond motifs is 1. The summed E-state index contributed by atoms with van der Waals surface area (Å²) in [4.78, 5) is 4.47. The highest BCUT2D eigenvalue weighted by Gasteiger charge is 2.03. The standard InChI is InChI=1S/C14H18N2/c1-11-9-12(5-2-3-7-15)14-13(10-11)6-4-8-16-14/h4,6,8-10H,2-3,5,7,15H2,1H3. The zero-order chi connectivity index (χ0) is 11.4. The molecule has 16 heavy (non-hydrogen) atoms. The van der Waals surface area contributed by atoms with Crippen LogP contribution in [0.1, 0.15) is 24.0 Å². The van der Waals surface area contributed by atoms with Crippen LogP contribution in [-0.4, -0.2) is 11.5 Å². The van der Waals surface area contributed by atoms with Crippen molar-refractivity contribution in [2.24, 2.45) is 5.73 Å². The first-order valence-corrected chi connectivity index (χ1v) is 5.85. The second-order valence-electron chi connectivity index (χ2n) is 4.24. The Balaban J connectivity index is 2.34. The van der Waals surface area contributed by atoms with Crippen LogP contribution in [0.5, 0.6) is 0 Å². The lowest BCUT2D eigenvalue weighted by Crippen LogP contribution is -1.99. The summed E-state index contributed by atoms with van der Waals surface area (Å²) in [6.07, 6.45) is 5.17. The minimum Gasteiger partial charge on any atom is -0.330 e. The van der Waals surface area contributed by atoms with Crippen LogP contribution >= 0.6 is 0 Å². The largest absolute Gasteiger partial charge is 0.330 e. The van der Waals surface area contributed by atoms with Crippen molar-refractivity contribution in [1.29, 1.82) is 0 Å². The van der Waals surface area contributed by atoms with E-state index in [-0.39, 0.29) is 0 Å². The van der Waals surface area contributed by atoms with Gasteiger partial charge in [-0.15, -0.1) is 0 Å². The van der Waals surface area contributed by atoms with E-state index in [0.29, 0.717) is 0 Å². The molecule has 0 amide bonds. The van der Waals surface area contributed by atoms with E-state index in [4.69, 9.17) is 5.73 Å². The Morgan fingerprint density at radius 3 is 2.94 bits per heavy atom. The number of nitrogens with two attached hydrogens (primary N) is 1. The van der Waals surface area contributed by atoms with Gasteiger partial charge in [0.15, 0.2) is 0 Å². The summed E-state index contributed by atoms with van der Waals surface area (Å²) in [7, 11) is 0. The Bertz CT molecular complexity index is 477. The molecule has 2 nitrogen and oxygen atoms in total. The van der Waals surface area contributed by atoms with E-state index < -0.39 is 0 Å². The normalized spacial score (nSPS) is 10.9. The number of hydrogen-bond donors (Lipinski definition) is 1. The Morgan fingerprint density at radius 2 is 2.12 bits per heavy atom. The first-order chi connectivity index (χ1) is 7.81. The number of pyridine rings is 1. The molecule has 2 rings (SSSR count). The molecule has 0 saturated carbocycles. The molecule has 0 saturated heterocycles. The quantitative estimate of drug-likeness (QED) is 0.795. The minimum absolute atomic E-state index is 0.775. The van der Waals surface area contributed by atoms with Gasteiger partial charge in [0.05, 0.1) is 5.52 Å². The molecule has 0 aliphatic carbocycles. The predicted octanol–water partition coefficient (Wildman–Crippen LogP) is 2.82. The van der Waals surface area contributed by atoms with Crippen LogP contribution in [0.4, 0.5) is 0 Å². The van der Waals surface area contributed by atoms with Crippen LogP contribution in [0, 0.1) is 6.92 Å². The van der Waals surface area contributed by atoms with Crippen molar-refractivity contribution in [2.75, 3.05) is 6.54 Å². The number of unbranched alkanes of at least 4 members (excludes halogenated alkanes) is 1. The molecule has 0 spiro atoms. The molecule has 0 fully saturated rings. The summed E-state index contributed by atoms with van der Waals surface area (Å²) >= 11 is 0. The SMILES string of the molecule is Cc1cc(CCCCN)c2ncccc2c1. The summed E-state index contributed by atoms with van der Waals surface area (Å²) in [5, 5.41) is 1.24. The van der Waals surface area contributed by atoms with Crippen LogP contribution in [0.2, 0.25) is 0 Å². The van der Waals surface area contributed by atoms with Crippen molar-refractivity contribution in [2.45, 2.75) is 26.2 Å². The average Bonchev–Trinajstić information content (AvgIpc) is 2.29. The van der Waals surface area contributed by atoms with Gasteiger partial charge in [-0.3, -0.25) is 4.98 Å². The third-order valence-corrected chi connectivity index (χ3v) is 2.83. The summed E-state index contributed by atoms with van der Waals surface area (Å²) in [6.45, 7) is 2.91. The van der Waals surface area contributed by atoms with E-state index in [1.165, 1.54) is 16.5 Å². The van der Waals surface area contributed by atoms with Crippen LogP contribution in [0.25, 0.3) is 10.9 Å². The molecule has 1 heterocycles. The highest BCUT2D eigenvalue weighted by atomic mass is 14.6. The van der Waals surface area contributed by atoms with Gasteiger partial charge in [-0.2, -0.15) is 0 Å². The summed E-state index contributed by atoms with van der Waals surface area (Å²) in [5.41, 5.74) is 9.32. The fraction of sp³-hybridized carbons (Fsp3) is 0.357. The fourth-order valence-corrected chi connectivity index (χ4v) is 2.08. The van der Waals surface area contributed by atoms with Crippen molar-refractivity contribution in [3.63, 3.8) is 0 Å². The molecule has 84 valence electrons. The molecule has 2 aromatic rings. The third kappa shape index (κ3) is 2.39. The molecule has 0 radical (unpaired) electrons. The highest BCUT2D eigenvalue weighted by molar-refractivity contribution is 5.82. The number of rotatable bonds is 4. The second kappa shape index (κ2) is 5.08. The van der Waals surface area contributed by atoms with Gasteiger partial charge in [0.1, 0.15) is 0 Å². The predicted molar refractivity (Wildman–Crippen MR) is 68.5 cm³/mol. The molecular weight excluding hydrogens is 196 g/mol. The fourth-order valence-electron chi connectivity index (χ4n) is 2.08. The van der Waals surface area contributed by atoms with Gasteiger partial charge in [0.2, 0.25) is 0 Å². The van der Waals surface area contributed by atoms with E-state index in [9.17, 15) is 0 Å². The van der Waals surface area contributed by atoms with Gasteiger partial charge >= 0.3 is 0 Å². The van der Waals surface area contributed by atoms with Gasteiger partial charge in [-0.25, -0.2) is 0 Å². The smallest absolute Gasteiger partial charge is 0.0734 e. The second-order valence-corrected chi connectivity index (χ2v) is 4.24. The molecule has 2 N–H and O–H groups in total. The van der Waals surface area contributed by atoms with Crippen molar-refractivity contribution >= 4 is 10.9 Å². The lowest BCUT2D eigenvalue weighted by molar-refractivity contribution is 0.746. The van der Waals surface area contributed by atoms with Gasteiger partial charge in [0, 0.05) is 11.6 Å². The number of nitrogens with zero attached hydrogens (tertiary/aromatic N) is 1. The van der Waals surface area contributed by atoms with E-state index in [1.807, 2.05) is 12.3 Å². The monoisotopic (exact) mass is 214 g/mol. The number of aromatic nitrogens is 1. The lowest BCUT2D eigenvalue weighted by atomic mass is 10.0. The molecule has 0 aliphatic rings. The Hall–Kier alpha value is -1.41. The van der Waals surface area contributed by atoms with Gasteiger partial charge in [-0.1, -0.05) is 17.7 Å². The van der Waals surface area contributed by atoms with E-state index in [2.05, 4.69) is 30.1 Å². The van der Waals surface area contributed by atoms with E-state index in [0.717, 1.165) is 31.3 Å². The Labute approximate surface area is 96.5 Å². The third-order valence-electron chi connectivity index (χ3n) is 2.83. The van der Waals surface area contributed by atoms with Crippen molar-refractivity contribution in [3.8, 4) is 0 Å². The van der Waals surface area contributed by atoms with Crippen molar-refractivity contribution in [3.05, 3.63) is 41.6 Å². The zero-order valence-corrected chi connectivity index (χ0v) is 9.74.